The molecule has 10 heteroatoms. The average molecular weight is 449 g/mol. The lowest BCUT2D eigenvalue weighted by molar-refractivity contribution is 0.171. The van der Waals surface area contributed by atoms with Crippen LogP contribution in [0.1, 0.15) is 11.3 Å². The highest BCUT2D eigenvalue weighted by Gasteiger charge is 2.14. The molecule has 0 spiro atoms. The van der Waals surface area contributed by atoms with Crippen molar-refractivity contribution >= 4 is 28.0 Å². The van der Waals surface area contributed by atoms with E-state index in [1.165, 1.54) is 21.9 Å². The number of ether oxygens (including phenoxy) is 2. The smallest absolute Gasteiger partial charge is 0.319 e. The van der Waals surface area contributed by atoms with Crippen LogP contribution in [0.3, 0.4) is 0 Å². The Morgan fingerprint density at radius 2 is 1.94 bits per heavy atom. The lowest BCUT2D eigenvalue weighted by Gasteiger charge is -2.19. The van der Waals surface area contributed by atoms with Gasteiger partial charge in [-0.05, 0) is 24.6 Å². The number of hydrogen-bond donors (Lipinski definition) is 2. The molecule has 0 saturated carbocycles. The van der Waals surface area contributed by atoms with E-state index in [0.29, 0.717) is 46.1 Å². The summed E-state index contributed by atoms with van der Waals surface area (Å²) in [5.74, 6) is 1.23. The molecule has 1 aliphatic rings. The van der Waals surface area contributed by atoms with Crippen LogP contribution in [-0.4, -0.2) is 33.8 Å². The highest BCUT2D eigenvalue weighted by atomic mass is 32.1. The summed E-state index contributed by atoms with van der Waals surface area (Å²) in [6, 6.07) is 14.0. The van der Waals surface area contributed by atoms with Crippen molar-refractivity contribution in [1.82, 2.24) is 19.9 Å². The normalized spacial score (nSPS) is 12.5. The van der Waals surface area contributed by atoms with Gasteiger partial charge in [0.05, 0.1) is 12.2 Å². The van der Waals surface area contributed by atoms with Gasteiger partial charge in [-0.3, -0.25) is 4.79 Å². The summed E-state index contributed by atoms with van der Waals surface area (Å²) in [5, 5.41) is 10.6. The van der Waals surface area contributed by atoms with Crippen LogP contribution in [0.4, 0.5) is 10.5 Å². The molecule has 1 aliphatic heterocycles. The minimum Gasteiger partial charge on any atom is -0.486 e. The summed E-state index contributed by atoms with van der Waals surface area (Å²) in [6.45, 7) is 3.06. The predicted octanol–water partition coefficient (Wildman–Crippen LogP) is 3.22. The lowest BCUT2D eigenvalue weighted by atomic mass is 10.1. The zero-order valence-corrected chi connectivity index (χ0v) is 17.9. The maximum absolute atomic E-state index is 12.5. The van der Waals surface area contributed by atoms with Crippen molar-refractivity contribution in [1.29, 1.82) is 0 Å². The Morgan fingerprint density at radius 1 is 1.12 bits per heavy atom. The van der Waals surface area contributed by atoms with Crippen LogP contribution >= 0.6 is 11.3 Å². The molecule has 5 rings (SSSR count). The Balaban J connectivity index is 1.29. The molecule has 0 unspecified atom stereocenters. The van der Waals surface area contributed by atoms with Gasteiger partial charge < -0.3 is 20.1 Å². The lowest BCUT2D eigenvalue weighted by Crippen LogP contribution is -2.29. The molecule has 0 bridgehead atoms. The van der Waals surface area contributed by atoms with Crippen LogP contribution in [0.2, 0.25) is 0 Å². The summed E-state index contributed by atoms with van der Waals surface area (Å²) in [7, 11) is 0. The molecular formula is C22H19N5O4S. The monoisotopic (exact) mass is 449 g/mol. The number of carbonyl (C=O) groups is 1. The molecule has 2 amide bonds. The second kappa shape index (κ2) is 8.31. The Hall–Kier alpha value is -3.92. The molecule has 0 fully saturated rings. The van der Waals surface area contributed by atoms with E-state index in [1.54, 1.807) is 18.2 Å². The third-order valence-corrected chi connectivity index (χ3v) is 5.85. The molecule has 0 aliphatic carbocycles. The molecule has 0 radical (unpaired) electrons. The number of nitrogens with one attached hydrogen (secondary N) is 2. The van der Waals surface area contributed by atoms with Crippen molar-refractivity contribution in [3.8, 4) is 22.1 Å². The van der Waals surface area contributed by atoms with Crippen molar-refractivity contribution in [2.45, 2.75) is 13.5 Å². The summed E-state index contributed by atoms with van der Waals surface area (Å²) in [6.07, 6.45) is 0. The number of hydrogen-bond acceptors (Lipinski definition) is 7. The topological polar surface area (TPSA) is 107 Å². The number of nitrogens with zero attached hydrogens (tertiary/aromatic N) is 3. The van der Waals surface area contributed by atoms with Crippen molar-refractivity contribution in [2.24, 2.45) is 0 Å². The third kappa shape index (κ3) is 4.00. The minimum absolute atomic E-state index is 0.0969. The molecule has 2 aromatic carbocycles. The predicted molar refractivity (Wildman–Crippen MR) is 121 cm³/mol. The fourth-order valence-electron chi connectivity index (χ4n) is 3.34. The molecule has 0 saturated heterocycles. The van der Waals surface area contributed by atoms with Crippen LogP contribution < -0.4 is 25.7 Å². The van der Waals surface area contributed by atoms with E-state index in [0.717, 1.165) is 11.1 Å². The number of carbonyl (C=O) groups excluding carboxylic acids is 1. The standard InChI is InChI=1S/C22H19N5O4S/c1-13-4-2-3-5-16(13)20-26-27-19(28)11-15(25-22(27)32-20)12-23-21(29)24-14-6-7-17-18(10-14)31-9-8-30-17/h2-7,10-11H,8-9,12H2,1H3,(H2,23,24,29). The van der Waals surface area contributed by atoms with Crippen LogP contribution in [-0.2, 0) is 6.54 Å². The van der Waals surface area contributed by atoms with Gasteiger partial charge in [0.2, 0.25) is 4.96 Å². The maximum Gasteiger partial charge on any atom is 0.319 e. The average Bonchev–Trinajstić information content (AvgIpc) is 3.22. The molecule has 32 heavy (non-hydrogen) atoms. The quantitative estimate of drug-likeness (QED) is 0.496. The highest BCUT2D eigenvalue weighted by Crippen LogP contribution is 2.32. The van der Waals surface area contributed by atoms with Gasteiger partial charge in [-0.15, -0.1) is 0 Å². The Labute approximate surface area is 186 Å². The minimum atomic E-state index is -0.423. The molecule has 4 aromatic rings. The number of anilines is 1. The zero-order chi connectivity index (χ0) is 22.1. The SMILES string of the molecule is Cc1ccccc1-c1nn2c(=O)cc(CNC(=O)Nc3ccc4c(c3)OCCO4)nc2s1. The maximum atomic E-state index is 12.5. The van der Waals surface area contributed by atoms with Gasteiger partial charge in [0.15, 0.2) is 11.5 Å². The first-order valence-electron chi connectivity index (χ1n) is 9.97. The molecule has 9 nitrogen and oxygen atoms in total. The molecule has 162 valence electrons. The Bertz CT molecular complexity index is 1380. The summed E-state index contributed by atoms with van der Waals surface area (Å²) in [4.78, 5) is 29.8. The molecule has 0 atom stereocenters. The summed E-state index contributed by atoms with van der Waals surface area (Å²) >= 11 is 1.33. The Kier molecular flexibility index (Phi) is 5.20. The Morgan fingerprint density at radius 3 is 2.78 bits per heavy atom. The van der Waals surface area contributed by atoms with Crippen molar-refractivity contribution in [2.75, 3.05) is 18.5 Å². The van der Waals surface area contributed by atoms with Gasteiger partial charge in [0, 0.05) is 23.4 Å². The summed E-state index contributed by atoms with van der Waals surface area (Å²) < 4.78 is 12.3. The molecule has 3 heterocycles. The number of amides is 2. The fraction of sp³-hybridized carbons (Fsp3) is 0.182. The van der Waals surface area contributed by atoms with Crippen LogP contribution in [0.25, 0.3) is 15.5 Å². The van der Waals surface area contributed by atoms with Gasteiger partial charge in [0.1, 0.15) is 18.2 Å². The van der Waals surface area contributed by atoms with Gasteiger partial charge in [-0.2, -0.15) is 9.61 Å². The number of fused-ring (bicyclic) bond motifs is 2. The third-order valence-electron chi connectivity index (χ3n) is 4.90. The van der Waals surface area contributed by atoms with E-state index in [-0.39, 0.29) is 12.1 Å². The van der Waals surface area contributed by atoms with E-state index in [4.69, 9.17) is 9.47 Å². The van der Waals surface area contributed by atoms with Gasteiger partial charge in [-0.25, -0.2) is 9.78 Å². The highest BCUT2D eigenvalue weighted by molar-refractivity contribution is 7.19. The molecule has 2 N–H and O–H groups in total. The van der Waals surface area contributed by atoms with Crippen molar-refractivity contribution in [3.05, 3.63) is 70.1 Å². The van der Waals surface area contributed by atoms with E-state index in [2.05, 4.69) is 20.7 Å². The largest absolute Gasteiger partial charge is 0.486 e. The van der Waals surface area contributed by atoms with E-state index in [9.17, 15) is 9.59 Å². The van der Waals surface area contributed by atoms with Gasteiger partial charge in [-0.1, -0.05) is 35.6 Å². The second-order valence-corrected chi connectivity index (χ2v) is 8.12. The first kappa shape index (κ1) is 20.0. The van der Waals surface area contributed by atoms with Crippen LogP contribution in [0, 0.1) is 6.92 Å². The van der Waals surface area contributed by atoms with Gasteiger partial charge >= 0.3 is 6.03 Å². The molecule has 2 aromatic heterocycles. The van der Waals surface area contributed by atoms with Crippen LogP contribution in [0.15, 0.2) is 53.3 Å². The van der Waals surface area contributed by atoms with Crippen molar-refractivity contribution < 1.29 is 14.3 Å². The van der Waals surface area contributed by atoms with E-state index in [1.807, 2.05) is 31.2 Å². The van der Waals surface area contributed by atoms with Gasteiger partial charge in [0.25, 0.3) is 5.56 Å². The first-order chi connectivity index (χ1) is 15.6. The number of urea groups is 1. The summed E-state index contributed by atoms with van der Waals surface area (Å²) in [5.41, 5.74) is 2.75. The number of aromatic nitrogens is 3. The van der Waals surface area contributed by atoms with E-state index < -0.39 is 6.03 Å². The van der Waals surface area contributed by atoms with E-state index >= 15 is 0 Å². The zero-order valence-electron chi connectivity index (χ0n) is 17.1. The van der Waals surface area contributed by atoms with Crippen molar-refractivity contribution in [3.63, 3.8) is 0 Å². The van der Waals surface area contributed by atoms with Crippen LogP contribution in [0.5, 0.6) is 11.5 Å². The molecular weight excluding hydrogens is 430 g/mol. The first-order valence-corrected chi connectivity index (χ1v) is 10.8. The number of benzene rings is 2. The fourth-order valence-corrected chi connectivity index (χ4v) is 4.35. The second-order valence-electron chi connectivity index (χ2n) is 7.17. The number of rotatable bonds is 4. The number of aryl methyl sites for hydroxylation is 1.